The number of ether oxygens (including phenoxy) is 1. The summed E-state index contributed by atoms with van der Waals surface area (Å²) in [6, 6.07) is 20.9. The van der Waals surface area contributed by atoms with Gasteiger partial charge < -0.3 is 20.5 Å². The number of fused-ring (bicyclic) bond motifs is 3. The molecule has 0 unspecified atom stereocenters. The van der Waals surface area contributed by atoms with Gasteiger partial charge >= 0.3 is 12.1 Å². The number of alkyl carbamates (subject to hydrolysis) is 1. The molecule has 1 aliphatic rings. The van der Waals surface area contributed by atoms with Gasteiger partial charge in [-0.15, -0.1) is 0 Å². The molecule has 0 saturated carbocycles. The van der Waals surface area contributed by atoms with Gasteiger partial charge in [0.15, 0.2) is 0 Å². The summed E-state index contributed by atoms with van der Waals surface area (Å²) in [5.74, 6) is -1.66. The highest BCUT2D eigenvalue weighted by molar-refractivity contribution is 14.1. The highest BCUT2D eigenvalue weighted by Gasteiger charge is 2.28. The lowest BCUT2D eigenvalue weighted by atomic mass is 9.98. The third-order valence-corrected chi connectivity index (χ3v) is 6.12. The van der Waals surface area contributed by atoms with Gasteiger partial charge in [0.2, 0.25) is 5.91 Å². The molecular formula is C26H21IN2O5. The van der Waals surface area contributed by atoms with Gasteiger partial charge in [-0.25, -0.2) is 9.59 Å². The van der Waals surface area contributed by atoms with Gasteiger partial charge in [0.25, 0.3) is 0 Å². The van der Waals surface area contributed by atoms with Crippen molar-refractivity contribution in [3.05, 3.63) is 99.1 Å². The zero-order valence-corrected chi connectivity index (χ0v) is 20.1. The minimum absolute atomic E-state index is 0.00501. The van der Waals surface area contributed by atoms with Gasteiger partial charge in [0.05, 0.1) is 11.3 Å². The summed E-state index contributed by atoms with van der Waals surface area (Å²) >= 11 is 2.00. The second-order valence-corrected chi connectivity index (χ2v) is 8.84. The summed E-state index contributed by atoms with van der Waals surface area (Å²) in [5.41, 5.74) is 4.77. The third kappa shape index (κ3) is 5.28. The number of rotatable bonds is 7. The van der Waals surface area contributed by atoms with Crippen molar-refractivity contribution in [2.24, 2.45) is 0 Å². The fourth-order valence-corrected chi connectivity index (χ4v) is 4.43. The number of halogens is 1. The Morgan fingerprint density at radius 3 is 2.26 bits per heavy atom. The van der Waals surface area contributed by atoms with Gasteiger partial charge in [-0.1, -0.05) is 54.6 Å². The standard InChI is InChI=1S/C26H21IN2O5/c27-16-11-12-23(21(14-16)25(31)32)29-24(30)10-5-13-28-26(33)34-15-22-19-8-3-1-6-17(19)18-7-2-4-9-20(18)22/h1-12,14,22H,13,15H2,(H,28,33)(H,29,30)(H,31,32)/b10-5+. The van der Waals surface area contributed by atoms with Crippen LogP contribution in [0.5, 0.6) is 0 Å². The first kappa shape index (κ1) is 23.5. The molecule has 0 saturated heterocycles. The van der Waals surface area contributed by atoms with Crippen molar-refractivity contribution in [1.29, 1.82) is 0 Å². The maximum Gasteiger partial charge on any atom is 0.407 e. The van der Waals surface area contributed by atoms with E-state index in [1.165, 1.54) is 24.3 Å². The molecule has 8 heteroatoms. The van der Waals surface area contributed by atoms with Crippen molar-refractivity contribution in [3.8, 4) is 11.1 Å². The van der Waals surface area contributed by atoms with Gasteiger partial charge in [0.1, 0.15) is 6.61 Å². The van der Waals surface area contributed by atoms with E-state index in [9.17, 15) is 19.5 Å². The molecule has 4 rings (SSSR count). The van der Waals surface area contributed by atoms with E-state index in [1.807, 2.05) is 59.0 Å². The molecule has 0 bridgehead atoms. The molecule has 0 atom stereocenters. The minimum atomic E-state index is -1.13. The summed E-state index contributed by atoms with van der Waals surface area (Å²) in [6.07, 6.45) is 2.11. The largest absolute Gasteiger partial charge is 0.478 e. The molecule has 3 aromatic carbocycles. The predicted octanol–water partition coefficient (Wildman–Crippen LogP) is 5.02. The second-order valence-electron chi connectivity index (χ2n) is 7.59. The fraction of sp³-hybridized carbons (Fsp3) is 0.115. The summed E-state index contributed by atoms with van der Waals surface area (Å²) < 4.78 is 6.19. The molecule has 1 aliphatic carbocycles. The molecule has 0 spiro atoms. The van der Waals surface area contributed by atoms with E-state index in [-0.39, 0.29) is 30.3 Å². The van der Waals surface area contributed by atoms with Crippen molar-refractivity contribution < 1.29 is 24.2 Å². The van der Waals surface area contributed by atoms with Crippen molar-refractivity contribution in [3.63, 3.8) is 0 Å². The van der Waals surface area contributed by atoms with Crippen LogP contribution >= 0.6 is 22.6 Å². The van der Waals surface area contributed by atoms with Crippen LogP contribution in [-0.4, -0.2) is 36.2 Å². The molecule has 0 aliphatic heterocycles. The van der Waals surface area contributed by atoms with Crippen LogP contribution in [0, 0.1) is 3.57 Å². The zero-order chi connectivity index (χ0) is 24.1. The Morgan fingerprint density at radius 2 is 1.62 bits per heavy atom. The number of carbonyl (C=O) groups excluding carboxylic acids is 2. The Morgan fingerprint density at radius 1 is 0.971 bits per heavy atom. The molecule has 0 radical (unpaired) electrons. The predicted molar refractivity (Wildman–Crippen MR) is 137 cm³/mol. The quantitative estimate of drug-likeness (QED) is 0.274. The van der Waals surface area contributed by atoms with E-state index in [4.69, 9.17) is 4.74 Å². The monoisotopic (exact) mass is 568 g/mol. The smallest absolute Gasteiger partial charge is 0.407 e. The Kier molecular flexibility index (Phi) is 7.27. The molecule has 0 aromatic heterocycles. The number of aromatic carboxylic acids is 1. The fourth-order valence-electron chi connectivity index (χ4n) is 3.93. The second kappa shape index (κ2) is 10.5. The van der Waals surface area contributed by atoms with Crippen molar-refractivity contribution in [2.75, 3.05) is 18.5 Å². The maximum absolute atomic E-state index is 12.2. The molecule has 0 fully saturated rings. The first-order valence-corrected chi connectivity index (χ1v) is 11.6. The number of carboxylic acid groups (broad SMARTS) is 1. The van der Waals surface area contributed by atoms with Gasteiger partial charge in [-0.3, -0.25) is 4.79 Å². The number of anilines is 1. The number of hydrogen-bond acceptors (Lipinski definition) is 4. The van der Waals surface area contributed by atoms with Gasteiger partial charge in [0, 0.05) is 22.1 Å². The van der Waals surface area contributed by atoms with Crippen LogP contribution in [0.1, 0.15) is 27.4 Å². The van der Waals surface area contributed by atoms with Crippen LogP contribution in [0.3, 0.4) is 0 Å². The summed E-state index contributed by atoms with van der Waals surface area (Å²) in [5, 5.41) is 14.4. The molecular weight excluding hydrogens is 547 g/mol. The zero-order valence-electron chi connectivity index (χ0n) is 18.0. The average Bonchev–Trinajstić information content (AvgIpc) is 3.15. The number of amides is 2. The normalized spacial score (nSPS) is 12.1. The summed E-state index contributed by atoms with van der Waals surface area (Å²) in [6.45, 7) is 0.289. The number of benzene rings is 3. The molecule has 7 nitrogen and oxygen atoms in total. The molecule has 3 N–H and O–H groups in total. The number of nitrogens with one attached hydrogen (secondary N) is 2. The molecule has 34 heavy (non-hydrogen) atoms. The minimum Gasteiger partial charge on any atom is -0.478 e. The van der Waals surface area contributed by atoms with Crippen LogP contribution < -0.4 is 10.6 Å². The molecule has 3 aromatic rings. The lowest BCUT2D eigenvalue weighted by Crippen LogP contribution is -2.26. The van der Waals surface area contributed by atoms with Crippen molar-refractivity contribution in [2.45, 2.75) is 5.92 Å². The van der Waals surface area contributed by atoms with Crippen LogP contribution in [-0.2, 0) is 9.53 Å². The lowest BCUT2D eigenvalue weighted by Gasteiger charge is -2.14. The van der Waals surface area contributed by atoms with Gasteiger partial charge in [-0.2, -0.15) is 0 Å². The topological polar surface area (TPSA) is 105 Å². The lowest BCUT2D eigenvalue weighted by molar-refractivity contribution is -0.111. The van der Waals surface area contributed by atoms with E-state index in [2.05, 4.69) is 22.8 Å². The van der Waals surface area contributed by atoms with E-state index in [0.29, 0.717) is 0 Å². The Labute approximate surface area is 210 Å². The number of carboxylic acids is 1. The van der Waals surface area contributed by atoms with Crippen LogP contribution in [0.25, 0.3) is 11.1 Å². The van der Waals surface area contributed by atoms with Crippen LogP contribution in [0.15, 0.2) is 78.9 Å². The summed E-state index contributed by atoms with van der Waals surface area (Å²) in [7, 11) is 0. The maximum atomic E-state index is 12.2. The first-order valence-electron chi connectivity index (χ1n) is 10.5. The van der Waals surface area contributed by atoms with E-state index in [1.54, 1.807) is 6.07 Å². The Balaban J connectivity index is 1.28. The molecule has 2 amide bonds. The van der Waals surface area contributed by atoms with E-state index < -0.39 is 18.0 Å². The Hall–Kier alpha value is -3.66. The summed E-state index contributed by atoms with van der Waals surface area (Å²) in [4.78, 5) is 35.6. The SMILES string of the molecule is O=C(/C=C/CNC(=O)OCC1c2ccccc2-c2ccccc21)Nc1ccc(I)cc1C(=O)O. The first-order chi connectivity index (χ1) is 16.4. The van der Waals surface area contributed by atoms with Crippen molar-refractivity contribution >= 4 is 46.2 Å². The van der Waals surface area contributed by atoms with E-state index >= 15 is 0 Å². The molecule has 172 valence electrons. The highest BCUT2D eigenvalue weighted by atomic mass is 127. The molecule has 0 heterocycles. The van der Waals surface area contributed by atoms with E-state index in [0.717, 1.165) is 25.8 Å². The average molecular weight is 568 g/mol. The highest BCUT2D eigenvalue weighted by Crippen LogP contribution is 2.44. The Bertz CT molecular complexity index is 1240. The third-order valence-electron chi connectivity index (χ3n) is 5.45. The van der Waals surface area contributed by atoms with Crippen LogP contribution in [0.2, 0.25) is 0 Å². The van der Waals surface area contributed by atoms with Crippen molar-refractivity contribution in [1.82, 2.24) is 5.32 Å². The number of hydrogen-bond donors (Lipinski definition) is 3. The van der Waals surface area contributed by atoms with Crippen LogP contribution in [0.4, 0.5) is 10.5 Å². The van der Waals surface area contributed by atoms with Gasteiger partial charge in [-0.05, 0) is 63.0 Å². The number of carbonyl (C=O) groups is 3.